The molecule has 5 rings (SSSR count). The Kier molecular flexibility index (Phi) is 4.10. The fourth-order valence-corrected chi connectivity index (χ4v) is 5.38. The first-order valence-corrected chi connectivity index (χ1v) is 10.3. The quantitative estimate of drug-likeness (QED) is 0.437. The molecule has 2 heterocycles. The van der Waals surface area contributed by atoms with Crippen molar-refractivity contribution in [3.63, 3.8) is 0 Å². The molecule has 0 N–H and O–H groups in total. The largest absolute Gasteiger partial charge is 0.496 e. The van der Waals surface area contributed by atoms with Crippen LogP contribution in [0.15, 0.2) is 24.3 Å². The van der Waals surface area contributed by atoms with Crippen LogP contribution in [0, 0.1) is 11.8 Å². The number of hydrogen-bond donors (Lipinski definition) is 0. The van der Waals surface area contributed by atoms with Gasteiger partial charge in [-0.15, -0.1) is 0 Å². The van der Waals surface area contributed by atoms with Crippen molar-refractivity contribution in [2.75, 3.05) is 13.7 Å². The number of allylic oxidation sites excluding steroid dienone is 2. The summed E-state index contributed by atoms with van der Waals surface area (Å²) in [6.07, 6.45) is 5.64. The molecule has 7 heteroatoms. The minimum atomic E-state index is -1.03. The van der Waals surface area contributed by atoms with Crippen molar-refractivity contribution in [1.82, 2.24) is 0 Å². The number of benzene rings is 1. The first-order chi connectivity index (χ1) is 13.7. The van der Waals surface area contributed by atoms with Gasteiger partial charge >= 0.3 is 13.1 Å². The van der Waals surface area contributed by atoms with Gasteiger partial charge in [0.05, 0.1) is 19.3 Å². The van der Waals surface area contributed by atoms with E-state index in [4.69, 9.17) is 23.5 Å². The van der Waals surface area contributed by atoms with Gasteiger partial charge in [-0.1, -0.05) is 18.2 Å². The highest BCUT2D eigenvalue weighted by atomic mass is 16.7. The zero-order valence-electron chi connectivity index (χ0n) is 17.6. The van der Waals surface area contributed by atoms with E-state index in [1.54, 1.807) is 21.0 Å². The van der Waals surface area contributed by atoms with Crippen LogP contribution in [0.25, 0.3) is 0 Å². The van der Waals surface area contributed by atoms with Gasteiger partial charge < -0.3 is 23.5 Å². The van der Waals surface area contributed by atoms with Gasteiger partial charge in [0.2, 0.25) is 5.79 Å². The fourth-order valence-electron chi connectivity index (χ4n) is 5.38. The SMILES string of the molecule is COc1ccc(C2C3C=CC(C3)C2B2OCC(C)(C)O2)c2c1C(=O)OC(C)(C)O2. The van der Waals surface area contributed by atoms with Gasteiger partial charge in [0.1, 0.15) is 17.1 Å². The van der Waals surface area contributed by atoms with Gasteiger partial charge in [0.15, 0.2) is 0 Å². The lowest BCUT2D eigenvalue weighted by Gasteiger charge is -2.37. The van der Waals surface area contributed by atoms with Gasteiger partial charge in [-0.05, 0) is 49.7 Å². The van der Waals surface area contributed by atoms with Gasteiger partial charge in [-0.2, -0.15) is 0 Å². The molecule has 6 nitrogen and oxygen atoms in total. The van der Waals surface area contributed by atoms with Crippen molar-refractivity contribution in [2.45, 2.75) is 57.2 Å². The van der Waals surface area contributed by atoms with Crippen molar-refractivity contribution in [1.29, 1.82) is 0 Å². The molecule has 154 valence electrons. The predicted octanol–water partition coefficient (Wildman–Crippen LogP) is 3.95. The normalized spacial score (nSPS) is 33.4. The molecule has 2 aliphatic carbocycles. The predicted molar refractivity (Wildman–Crippen MR) is 107 cm³/mol. The number of carbonyl (C=O) groups is 1. The molecule has 1 aromatic carbocycles. The number of esters is 1. The van der Waals surface area contributed by atoms with E-state index in [1.165, 1.54) is 0 Å². The van der Waals surface area contributed by atoms with Crippen molar-refractivity contribution >= 4 is 13.1 Å². The van der Waals surface area contributed by atoms with Crippen molar-refractivity contribution < 1.29 is 28.3 Å². The molecule has 4 aliphatic rings. The van der Waals surface area contributed by atoms with E-state index in [1.807, 2.05) is 12.1 Å². The standard InChI is InChI=1S/C22H27BO6/c1-21(2)11-26-23(29-21)18-13-7-6-12(10-13)16(18)14-8-9-15(25-5)17-19(14)27-22(3,4)28-20(17)24/h6-9,12-13,16,18H,10-11H2,1-5H3. The Labute approximate surface area is 171 Å². The summed E-state index contributed by atoms with van der Waals surface area (Å²) in [5.74, 6) is 0.663. The van der Waals surface area contributed by atoms with Crippen LogP contribution < -0.4 is 9.47 Å². The average molecular weight is 398 g/mol. The van der Waals surface area contributed by atoms with Crippen LogP contribution in [0.2, 0.25) is 5.82 Å². The zero-order chi connectivity index (χ0) is 20.6. The van der Waals surface area contributed by atoms with E-state index in [0.717, 1.165) is 12.0 Å². The molecule has 1 saturated carbocycles. The van der Waals surface area contributed by atoms with Crippen LogP contribution >= 0.6 is 0 Å². The monoisotopic (exact) mass is 398 g/mol. The van der Waals surface area contributed by atoms with Crippen molar-refractivity contribution in [2.24, 2.45) is 11.8 Å². The summed E-state index contributed by atoms with van der Waals surface area (Å²) in [5.41, 5.74) is 1.08. The maximum Gasteiger partial charge on any atom is 0.462 e. The molecule has 4 atom stereocenters. The van der Waals surface area contributed by atoms with E-state index in [2.05, 4.69) is 26.0 Å². The molecule has 1 aromatic rings. The number of rotatable bonds is 3. The number of carbonyl (C=O) groups excluding carboxylic acids is 1. The molecule has 4 unspecified atom stereocenters. The van der Waals surface area contributed by atoms with E-state index >= 15 is 0 Å². The van der Waals surface area contributed by atoms with E-state index in [0.29, 0.717) is 35.5 Å². The van der Waals surface area contributed by atoms with Crippen LogP contribution in [0.3, 0.4) is 0 Å². The number of methoxy groups -OCH3 is 1. The Morgan fingerprint density at radius 1 is 1.10 bits per heavy atom. The molecule has 0 radical (unpaired) electrons. The van der Waals surface area contributed by atoms with Crippen molar-refractivity contribution in [3.05, 3.63) is 35.4 Å². The number of hydrogen-bond acceptors (Lipinski definition) is 6. The smallest absolute Gasteiger partial charge is 0.462 e. The molecular weight excluding hydrogens is 371 g/mol. The highest BCUT2D eigenvalue weighted by Gasteiger charge is 2.56. The molecular formula is C22H27BO6. The lowest BCUT2D eigenvalue weighted by molar-refractivity contribution is -0.128. The molecule has 2 fully saturated rings. The maximum absolute atomic E-state index is 12.8. The minimum Gasteiger partial charge on any atom is -0.496 e. The summed E-state index contributed by atoms with van der Waals surface area (Å²) in [6.45, 7) is 8.20. The topological polar surface area (TPSA) is 63.2 Å². The van der Waals surface area contributed by atoms with Crippen molar-refractivity contribution in [3.8, 4) is 11.5 Å². The second-order valence-corrected chi connectivity index (χ2v) is 9.56. The van der Waals surface area contributed by atoms with Crippen LogP contribution in [-0.4, -0.2) is 38.2 Å². The maximum atomic E-state index is 12.8. The van der Waals surface area contributed by atoms with E-state index < -0.39 is 11.8 Å². The number of fused-ring (bicyclic) bond motifs is 3. The summed E-state index contributed by atoms with van der Waals surface area (Å²) in [4.78, 5) is 12.8. The summed E-state index contributed by atoms with van der Waals surface area (Å²) in [5, 5.41) is 0. The Hall–Kier alpha value is -1.99. The summed E-state index contributed by atoms with van der Waals surface area (Å²) >= 11 is 0. The molecule has 0 amide bonds. The highest BCUT2D eigenvalue weighted by Crippen LogP contribution is 2.61. The molecule has 0 spiro atoms. The first-order valence-electron chi connectivity index (χ1n) is 10.3. The fraction of sp³-hybridized carbons (Fsp3) is 0.591. The minimum absolute atomic E-state index is 0.144. The third-order valence-electron chi connectivity index (χ3n) is 6.48. The highest BCUT2D eigenvalue weighted by molar-refractivity contribution is 6.47. The van der Waals surface area contributed by atoms with Gasteiger partial charge in [0, 0.05) is 19.7 Å². The lowest BCUT2D eigenvalue weighted by atomic mass is 9.58. The van der Waals surface area contributed by atoms with E-state index in [9.17, 15) is 4.79 Å². The Bertz CT molecular complexity index is 892. The van der Waals surface area contributed by atoms with Crippen LogP contribution in [0.1, 0.15) is 56.0 Å². The molecule has 1 saturated heterocycles. The summed E-state index contributed by atoms with van der Waals surface area (Å²) in [6, 6.07) is 3.86. The first kappa shape index (κ1) is 19.0. The average Bonchev–Trinajstić information content (AvgIpc) is 3.33. The molecule has 2 aliphatic heterocycles. The van der Waals surface area contributed by atoms with E-state index in [-0.39, 0.29) is 24.5 Å². The van der Waals surface area contributed by atoms with Crippen LogP contribution in [0.4, 0.5) is 0 Å². The third kappa shape index (κ3) is 2.97. The summed E-state index contributed by atoms with van der Waals surface area (Å²) < 4.78 is 29.5. The molecule has 0 aromatic heterocycles. The van der Waals surface area contributed by atoms with Crippen LogP contribution in [0.5, 0.6) is 11.5 Å². The second kappa shape index (κ2) is 6.25. The number of ether oxygens (including phenoxy) is 3. The van der Waals surface area contributed by atoms with Gasteiger partial charge in [-0.25, -0.2) is 4.79 Å². The van der Waals surface area contributed by atoms with Crippen LogP contribution in [-0.2, 0) is 14.0 Å². The van der Waals surface area contributed by atoms with Gasteiger partial charge in [-0.3, -0.25) is 0 Å². The lowest BCUT2D eigenvalue weighted by Crippen LogP contribution is -2.40. The third-order valence-corrected chi connectivity index (χ3v) is 6.48. The summed E-state index contributed by atoms with van der Waals surface area (Å²) in [7, 11) is 1.28. The number of cyclic esters (lactones) is 1. The Morgan fingerprint density at radius 3 is 2.55 bits per heavy atom. The zero-order valence-corrected chi connectivity index (χ0v) is 17.6. The second-order valence-electron chi connectivity index (χ2n) is 9.56. The van der Waals surface area contributed by atoms with Gasteiger partial charge in [0.25, 0.3) is 0 Å². The Balaban J connectivity index is 1.61. The Morgan fingerprint density at radius 2 is 1.86 bits per heavy atom. The molecule has 29 heavy (non-hydrogen) atoms. The molecule has 2 bridgehead atoms.